The molecule has 1 aromatic heterocycles. The molecular formula is C15H18N2S3. The van der Waals surface area contributed by atoms with E-state index in [0.717, 1.165) is 20.0 Å². The molecule has 0 radical (unpaired) electrons. The number of thioether (sulfide) groups is 2. The molecule has 0 unspecified atom stereocenters. The zero-order valence-corrected chi connectivity index (χ0v) is 14.2. The van der Waals surface area contributed by atoms with Crippen LogP contribution in [-0.4, -0.2) is 16.0 Å². The third-order valence-corrected chi connectivity index (χ3v) is 5.02. The van der Waals surface area contributed by atoms with Gasteiger partial charge in [-0.2, -0.15) is 0 Å². The molecule has 0 aliphatic heterocycles. The van der Waals surface area contributed by atoms with Crippen molar-refractivity contribution in [1.82, 2.24) is 10.2 Å². The first-order valence-electron chi connectivity index (χ1n) is 6.13. The summed E-state index contributed by atoms with van der Waals surface area (Å²) in [5.74, 6) is 1.02. The van der Waals surface area contributed by atoms with Crippen LogP contribution < -0.4 is 0 Å². The predicted octanol–water partition coefficient (Wildman–Crippen LogP) is 5.50. The minimum absolute atomic E-state index is 0.980. The fourth-order valence-electron chi connectivity index (χ4n) is 1.21. The summed E-state index contributed by atoms with van der Waals surface area (Å²) in [4.78, 5) is 1.17. The van der Waals surface area contributed by atoms with Crippen molar-refractivity contribution in [2.45, 2.75) is 22.5 Å². The van der Waals surface area contributed by atoms with Crippen molar-refractivity contribution in [3.63, 3.8) is 0 Å². The number of hydrogen-bond donors (Lipinski definition) is 0. The molecule has 0 spiro atoms. The van der Waals surface area contributed by atoms with E-state index in [-0.39, 0.29) is 0 Å². The smallest absolute Gasteiger partial charge is 0.131 e. The van der Waals surface area contributed by atoms with Gasteiger partial charge in [0.1, 0.15) is 0 Å². The van der Waals surface area contributed by atoms with E-state index in [1.54, 1.807) is 47.0 Å². The Morgan fingerprint density at radius 1 is 1.25 bits per heavy atom. The molecule has 1 heterocycles. The lowest BCUT2D eigenvalue weighted by atomic mass is 10.2. The first-order chi connectivity index (χ1) is 9.69. The van der Waals surface area contributed by atoms with Gasteiger partial charge in [0.05, 0.1) is 0 Å². The summed E-state index contributed by atoms with van der Waals surface area (Å²) in [6.07, 6.45) is 11.5. The highest BCUT2D eigenvalue weighted by Gasteiger charge is 2.04. The van der Waals surface area contributed by atoms with Crippen LogP contribution in [0.25, 0.3) is 0 Å². The number of allylic oxidation sites excluding steroid dienone is 8. The highest BCUT2D eigenvalue weighted by molar-refractivity contribution is 8.05. The van der Waals surface area contributed by atoms with Crippen LogP contribution in [0.4, 0.5) is 0 Å². The monoisotopic (exact) mass is 322 g/mol. The summed E-state index contributed by atoms with van der Waals surface area (Å²) >= 11 is 5.00. The Hall–Kier alpha value is -1.04. The maximum atomic E-state index is 4.17. The second kappa shape index (κ2) is 9.80. The molecule has 1 aromatic rings. The summed E-state index contributed by atoms with van der Waals surface area (Å²) < 4.78 is 2.01. The van der Waals surface area contributed by atoms with Gasteiger partial charge in [-0.05, 0) is 23.2 Å². The van der Waals surface area contributed by atoms with Crippen molar-refractivity contribution < 1.29 is 0 Å². The Bertz CT molecular complexity index is 539. The Kier molecular flexibility index (Phi) is 8.34. The molecule has 0 amide bonds. The molecule has 0 aliphatic rings. The number of hydrogen-bond acceptors (Lipinski definition) is 5. The fourth-order valence-corrected chi connectivity index (χ4v) is 4.16. The van der Waals surface area contributed by atoms with Crippen molar-refractivity contribution in [2.24, 2.45) is 0 Å². The van der Waals surface area contributed by atoms with Gasteiger partial charge in [-0.15, -0.1) is 10.2 Å². The zero-order chi connectivity index (χ0) is 14.8. The van der Waals surface area contributed by atoms with E-state index in [9.17, 15) is 0 Å². The van der Waals surface area contributed by atoms with Gasteiger partial charge in [0, 0.05) is 0 Å². The molecular weight excluding hydrogens is 304 g/mol. The minimum Gasteiger partial charge on any atom is -0.131 e. The van der Waals surface area contributed by atoms with Gasteiger partial charge in [-0.1, -0.05) is 91.4 Å². The van der Waals surface area contributed by atoms with E-state index < -0.39 is 0 Å². The maximum Gasteiger partial charge on any atom is 0.179 e. The van der Waals surface area contributed by atoms with Gasteiger partial charge in [-0.3, -0.25) is 0 Å². The van der Waals surface area contributed by atoms with Gasteiger partial charge in [0.2, 0.25) is 0 Å². The third kappa shape index (κ3) is 6.41. The highest BCUT2D eigenvalue weighted by Crippen LogP contribution is 2.32. The average molecular weight is 323 g/mol. The minimum atomic E-state index is 0.980. The Morgan fingerprint density at radius 2 is 2.00 bits per heavy atom. The largest absolute Gasteiger partial charge is 0.179 e. The molecule has 5 heteroatoms. The molecule has 2 nitrogen and oxygen atoms in total. The van der Waals surface area contributed by atoms with Crippen molar-refractivity contribution in [3.8, 4) is 0 Å². The van der Waals surface area contributed by atoms with Gasteiger partial charge >= 0.3 is 0 Å². The zero-order valence-electron chi connectivity index (χ0n) is 11.7. The van der Waals surface area contributed by atoms with Crippen LogP contribution >= 0.6 is 34.9 Å². The first kappa shape index (κ1) is 17.0. The van der Waals surface area contributed by atoms with Gasteiger partial charge in [0.15, 0.2) is 8.68 Å². The number of aromatic nitrogens is 2. The van der Waals surface area contributed by atoms with E-state index in [1.807, 2.05) is 18.2 Å². The second-order valence-corrected chi connectivity index (χ2v) is 7.59. The molecule has 0 saturated heterocycles. The SMILES string of the molecule is C=C\C=C(C=C)/C=C\C=C(\C)Sc1nnc(SCC)s1. The summed E-state index contributed by atoms with van der Waals surface area (Å²) in [5.41, 5.74) is 1.03. The van der Waals surface area contributed by atoms with Crippen LogP contribution in [0.2, 0.25) is 0 Å². The lowest BCUT2D eigenvalue weighted by molar-refractivity contribution is 0.956. The quantitative estimate of drug-likeness (QED) is 0.466. The van der Waals surface area contributed by atoms with Gasteiger partial charge in [0.25, 0.3) is 0 Å². The first-order valence-corrected chi connectivity index (χ1v) is 8.75. The van der Waals surface area contributed by atoms with Crippen LogP contribution in [0.15, 0.2) is 68.8 Å². The Labute approximate surface area is 133 Å². The maximum absolute atomic E-state index is 4.17. The van der Waals surface area contributed by atoms with Crippen molar-refractivity contribution in [3.05, 3.63) is 60.1 Å². The summed E-state index contributed by atoms with van der Waals surface area (Å²) in [5, 5.41) is 8.31. The molecule has 0 bridgehead atoms. The van der Waals surface area contributed by atoms with E-state index in [4.69, 9.17) is 0 Å². The standard InChI is InChI=1S/C15H18N2S3/c1-5-9-13(6-2)11-8-10-12(4)19-15-17-16-14(20-15)18-7-3/h5-6,8-11H,1-2,7H2,3-4H3/b11-8-,12-10-,13-9-. The summed E-state index contributed by atoms with van der Waals surface area (Å²) in [6.45, 7) is 11.6. The Balaban J connectivity index is 2.60. The lowest BCUT2D eigenvalue weighted by Crippen LogP contribution is -1.73. The van der Waals surface area contributed by atoms with Crippen LogP contribution in [0.3, 0.4) is 0 Å². The third-order valence-electron chi connectivity index (χ3n) is 2.07. The highest BCUT2D eigenvalue weighted by atomic mass is 32.2. The molecule has 0 aromatic carbocycles. The molecule has 0 N–H and O–H groups in total. The van der Waals surface area contributed by atoms with Gasteiger partial charge in [-0.25, -0.2) is 0 Å². The van der Waals surface area contributed by atoms with E-state index in [0.29, 0.717) is 0 Å². The summed E-state index contributed by atoms with van der Waals surface area (Å²) in [6, 6.07) is 0. The topological polar surface area (TPSA) is 25.8 Å². The van der Waals surface area contributed by atoms with Crippen LogP contribution in [0.1, 0.15) is 13.8 Å². The van der Waals surface area contributed by atoms with Gasteiger partial charge < -0.3 is 0 Å². The molecule has 1 rings (SSSR count). The lowest BCUT2D eigenvalue weighted by Gasteiger charge is -1.94. The van der Waals surface area contributed by atoms with Crippen LogP contribution in [0.5, 0.6) is 0 Å². The van der Waals surface area contributed by atoms with Crippen molar-refractivity contribution >= 4 is 34.9 Å². The predicted molar refractivity (Wildman–Crippen MR) is 93.5 cm³/mol. The number of rotatable bonds is 8. The molecule has 0 saturated carbocycles. The molecule has 20 heavy (non-hydrogen) atoms. The van der Waals surface area contributed by atoms with E-state index >= 15 is 0 Å². The molecule has 106 valence electrons. The van der Waals surface area contributed by atoms with Crippen molar-refractivity contribution in [2.75, 3.05) is 5.75 Å². The Morgan fingerprint density at radius 3 is 2.65 bits per heavy atom. The second-order valence-electron chi connectivity index (χ2n) is 3.61. The van der Waals surface area contributed by atoms with E-state index in [1.165, 1.54) is 4.91 Å². The van der Waals surface area contributed by atoms with Crippen LogP contribution in [-0.2, 0) is 0 Å². The molecule has 0 fully saturated rings. The molecule has 0 aliphatic carbocycles. The average Bonchev–Trinajstić information content (AvgIpc) is 2.85. The normalized spacial score (nSPS) is 12.9. The summed E-state index contributed by atoms with van der Waals surface area (Å²) in [7, 11) is 0. The van der Waals surface area contributed by atoms with E-state index in [2.05, 4.69) is 43.3 Å². The number of nitrogens with zero attached hydrogens (tertiary/aromatic N) is 2. The van der Waals surface area contributed by atoms with Crippen LogP contribution in [0, 0.1) is 0 Å². The molecule has 0 atom stereocenters. The fraction of sp³-hybridized carbons (Fsp3) is 0.200. The van der Waals surface area contributed by atoms with Crippen molar-refractivity contribution in [1.29, 1.82) is 0 Å².